The third-order valence-electron chi connectivity index (χ3n) is 2.87. The molecule has 94 valence electrons. The number of hydrogen-bond acceptors (Lipinski definition) is 3. The Kier molecular flexibility index (Phi) is 3.15. The number of benzene rings is 1. The molecule has 0 bridgehead atoms. The summed E-state index contributed by atoms with van der Waals surface area (Å²) in [4.78, 5) is 4.23. The highest BCUT2D eigenvalue weighted by molar-refractivity contribution is 7.71. The van der Waals surface area contributed by atoms with Gasteiger partial charge in [-0.15, -0.1) is 11.3 Å². The molecule has 3 rings (SSSR count). The SMILES string of the molecule is N#Cc1cccc2c1[nH]c(=S)n2Cc1ccc(Cl)s1. The molecule has 2 aromatic heterocycles. The molecule has 0 aliphatic heterocycles. The topological polar surface area (TPSA) is 44.5 Å². The third kappa shape index (κ3) is 2.19. The van der Waals surface area contributed by atoms with Crippen LogP contribution < -0.4 is 0 Å². The third-order valence-corrected chi connectivity index (χ3v) is 4.41. The van der Waals surface area contributed by atoms with Crippen molar-refractivity contribution in [3.63, 3.8) is 0 Å². The predicted molar refractivity (Wildman–Crippen MR) is 80.3 cm³/mol. The molecule has 0 amide bonds. The van der Waals surface area contributed by atoms with E-state index in [2.05, 4.69) is 11.1 Å². The number of para-hydroxylation sites is 1. The van der Waals surface area contributed by atoms with Crippen LogP contribution in [-0.4, -0.2) is 9.55 Å². The quantitative estimate of drug-likeness (QED) is 0.716. The molecular formula is C13H8ClN3S2. The first kappa shape index (κ1) is 12.4. The van der Waals surface area contributed by atoms with Crippen LogP contribution in [0.25, 0.3) is 11.0 Å². The zero-order chi connectivity index (χ0) is 13.4. The molecule has 2 heterocycles. The lowest BCUT2D eigenvalue weighted by Crippen LogP contribution is -1.97. The van der Waals surface area contributed by atoms with Gasteiger partial charge in [0.15, 0.2) is 4.77 Å². The van der Waals surface area contributed by atoms with Crippen molar-refractivity contribution in [1.29, 1.82) is 5.26 Å². The summed E-state index contributed by atoms with van der Waals surface area (Å²) in [5, 5.41) is 9.10. The number of thiophene rings is 1. The lowest BCUT2D eigenvalue weighted by Gasteiger charge is -2.02. The van der Waals surface area contributed by atoms with Crippen molar-refractivity contribution in [3.8, 4) is 6.07 Å². The van der Waals surface area contributed by atoms with E-state index in [1.807, 2.05) is 28.8 Å². The van der Waals surface area contributed by atoms with E-state index in [0.717, 1.165) is 20.2 Å². The van der Waals surface area contributed by atoms with Crippen molar-refractivity contribution in [2.45, 2.75) is 6.54 Å². The fourth-order valence-corrected chi connectivity index (χ4v) is 3.36. The summed E-state index contributed by atoms with van der Waals surface area (Å²) in [5.74, 6) is 0. The Bertz CT molecular complexity index is 851. The van der Waals surface area contributed by atoms with Crippen LogP contribution in [0.3, 0.4) is 0 Å². The van der Waals surface area contributed by atoms with Gasteiger partial charge in [0.25, 0.3) is 0 Å². The molecule has 0 saturated carbocycles. The standard InChI is InChI=1S/C13H8ClN3S2/c14-11-5-4-9(19-11)7-17-10-3-1-2-8(6-15)12(10)16-13(17)18/h1-5H,7H2,(H,16,18). The Morgan fingerprint density at radius 3 is 2.89 bits per heavy atom. The molecule has 0 aliphatic carbocycles. The highest BCUT2D eigenvalue weighted by Gasteiger charge is 2.09. The minimum Gasteiger partial charge on any atom is -0.329 e. The van der Waals surface area contributed by atoms with Gasteiger partial charge in [0.05, 0.1) is 27.5 Å². The number of H-pyrrole nitrogens is 1. The lowest BCUT2D eigenvalue weighted by molar-refractivity contribution is 0.823. The first-order valence-electron chi connectivity index (χ1n) is 5.55. The Morgan fingerprint density at radius 1 is 1.37 bits per heavy atom. The van der Waals surface area contributed by atoms with E-state index in [1.54, 1.807) is 6.07 Å². The molecule has 0 unspecified atom stereocenters. The van der Waals surface area contributed by atoms with Crippen LogP contribution >= 0.6 is 35.2 Å². The van der Waals surface area contributed by atoms with Gasteiger partial charge in [0, 0.05) is 4.88 Å². The van der Waals surface area contributed by atoms with Crippen LogP contribution in [0.4, 0.5) is 0 Å². The Morgan fingerprint density at radius 2 is 2.21 bits per heavy atom. The maximum absolute atomic E-state index is 9.10. The molecule has 0 radical (unpaired) electrons. The summed E-state index contributed by atoms with van der Waals surface area (Å²) >= 11 is 12.8. The van der Waals surface area contributed by atoms with Gasteiger partial charge < -0.3 is 9.55 Å². The number of nitriles is 1. The van der Waals surface area contributed by atoms with E-state index < -0.39 is 0 Å². The van der Waals surface area contributed by atoms with E-state index in [0.29, 0.717) is 16.9 Å². The van der Waals surface area contributed by atoms with Crippen molar-refractivity contribution in [1.82, 2.24) is 9.55 Å². The smallest absolute Gasteiger partial charge is 0.178 e. The summed E-state index contributed by atoms with van der Waals surface area (Å²) < 4.78 is 3.36. The minimum absolute atomic E-state index is 0.603. The maximum atomic E-state index is 9.10. The van der Waals surface area contributed by atoms with E-state index in [4.69, 9.17) is 29.1 Å². The summed E-state index contributed by atoms with van der Waals surface area (Å²) in [6, 6.07) is 11.6. The number of nitrogens with zero attached hydrogens (tertiary/aromatic N) is 2. The Hall–Kier alpha value is -1.61. The second-order valence-corrected chi connectivity index (χ2v) is 6.22. The van der Waals surface area contributed by atoms with Gasteiger partial charge in [-0.2, -0.15) is 5.26 Å². The van der Waals surface area contributed by atoms with Gasteiger partial charge in [-0.1, -0.05) is 17.7 Å². The van der Waals surface area contributed by atoms with Crippen molar-refractivity contribution in [2.75, 3.05) is 0 Å². The van der Waals surface area contributed by atoms with Gasteiger partial charge >= 0.3 is 0 Å². The summed E-state index contributed by atoms with van der Waals surface area (Å²) in [7, 11) is 0. The molecular weight excluding hydrogens is 298 g/mol. The second-order valence-electron chi connectivity index (χ2n) is 4.03. The summed E-state index contributed by atoms with van der Waals surface area (Å²) in [6.45, 7) is 0.658. The van der Waals surface area contributed by atoms with E-state index in [-0.39, 0.29) is 0 Å². The first-order valence-corrected chi connectivity index (χ1v) is 7.15. The van der Waals surface area contributed by atoms with Gasteiger partial charge in [-0.25, -0.2) is 0 Å². The molecule has 1 aromatic carbocycles. The number of aromatic nitrogens is 2. The fraction of sp³-hybridized carbons (Fsp3) is 0.0769. The van der Waals surface area contributed by atoms with Crippen LogP contribution in [0.15, 0.2) is 30.3 Å². The number of fused-ring (bicyclic) bond motifs is 1. The van der Waals surface area contributed by atoms with E-state index in [9.17, 15) is 0 Å². The van der Waals surface area contributed by atoms with Crippen LogP contribution in [0.5, 0.6) is 0 Å². The monoisotopic (exact) mass is 305 g/mol. The highest BCUT2D eigenvalue weighted by Crippen LogP contribution is 2.24. The van der Waals surface area contributed by atoms with Gasteiger partial charge in [0.2, 0.25) is 0 Å². The minimum atomic E-state index is 0.603. The molecule has 6 heteroatoms. The van der Waals surface area contributed by atoms with Crippen LogP contribution in [0, 0.1) is 16.1 Å². The molecule has 1 N–H and O–H groups in total. The van der Waals surface area contributed by atoms with E-state index in [1.165, 1.54) is 11.3 Å². The lowest BCUT2D eigenvalue weighted by atomic mass is 10.2. The van der Waals surface area contributed by atoms with Gasteiger partial charge in [-0.3, -0.25) is 0 Å². The van der Waals surface area contributed by atoms with Crippen LogP contribution in [-0.2, 0) is 6.54 Å². The molecule has 0 spiro atoms. The van der Waals surface area contributed by atoms with Gasteiger partial charge in [0.1, 0.15) is 6.07 Å². The molecule has 0 atom stereocenters. The summed E-state index contributed by atoms with van der Waals surface area (Å²) in [6.07, 6.45) is 0. The molecule has 0 saturated heterocycles. The number of imidazole rings is 1. The van der Waals surface area contributed by atoms with Crippen LogP contribution in [0.1, 0.15) is 10.4 Å². The zero-order valence-electron chi connectivity index (χ0n) is 9.68. The average molecular weight is 306 g/mol. The van der Waals surface area contributed by atoms with Crippen molar-refractivity contribution >= 4 is 46.2 Å². The molecule has 3 nitrogen and oxygen atoms in total. The fourth-order valence-electron chi connectivity index (χ4n) is 2.02. The van der Waals surface area contributed by atoms with Crippen molar-refractivity contribution in [2.24, 2.45) is 0 Å². The maximum Gasteiger partial charge on any atom is 0.178 e. The number of aromatic amines is 1. The summed E-state index contributed by atoms with van der Waals surface area (Å²) in [5.41, 5.74) is 2.33. The Labute approximate surface area is 123 Å². The normalized spacial score (nSPS) is 10.7. The Balaban J connectivity index is 2.17. The van der Waals surface area contributed by atoms with E-state index >= 15 is 0 Å². The second kappa shape index (κ2) is 4.82. The number of halogens is 1. The molecule has 0 aliphatic rings. The predicted octanol–water partition coefficient (Wildman–Crippen LogP) is 4.33. The average Bonchev–Trinajstić information content (AvgIpc) is 2.94. The van der Waals surface area contributed by atoms with Crippen molar-refractivity contribution < 1.29 is 0 Å². The molecule has 19 heavy (non-hydrogen) atoms. The number of rotatable bonds is 2. The van der Waals surface area contributed by atoms with Crippen LogP contribution in [0.2, 0.25) is 4.34 Å². The largest absolute Gasteiger partial charge is 0.329 e. The zero-order valence-corrected chi connectivity index (χ0v) is 12.1. The van der Waals surface area contributed by atoms with Gasteiger partial charge in [-0.05, 0) is 36.5 Å². The highest BCUT2D eigenvalue weighted by atomic mass is 35.5. The first-order chi connectivity index (χ1) is 9.19. The molecule has 3 aromatic rings. The van der Waals surface area contributed by atoms with Crippen molar-refractivity contribution in [3.05, 3.63) is 49.9 Å². The molecule has 0 fully saturated rings. The number of nitrogens with one attached hydrogen (secondary N) is 1. The number of hydrogen-bond donors (Lipinski definition) is 1.